The number of hydrogen-bond donors (Lipinski definition) is 0. The molecule has 1 saturated carbocycles. The molecule has 0 N–H and O–H groups in total. The molecule has 1 fully saturated rings. The molecule has 1 aliphatic carbocycles. The Labute approximate surface area is 79.7 Å². The lowest BCUT2D eigenvalue weighted by atomic mass is 9.98. The van der Waals surface area contributed by atoms with Crippen LogP contribution in [0, 0.1) is 0 Å². The molecule has 0 radical (unpaired) electrons. The van der Waals surface area contributed by atoms with Crippen LogP contribution in [0.25, 0.3) is 0 Å². The van der Waals surface area contributed by atoms with E-state index in [0.29, 0.717) is 18.4 Å². The fourth-order valence-electron chi connectivity index (χ4n) is 1.64. The minimum Gasteiger partial charge on any atom is -0.302 e. The van der Waals surface area contributed by atoms with Gasteiger partial charge < -0.3 is 4.79 Å². The van der Waals surface area contributed by atoms with Crippen LogP contribution in [0.4, 0.5) is 8.78 Å². The van der Waals surface area contributed by atoms with Crippen molar-refractivity contribution in [2.45, 2.75) is 24.7 Å². The SMILES string of the molecule is Cn1cc(C2(C=O)CC2)c(C(F)F)n1. The predicted octanol–water partition coefficient (Wildman–Crippen LogP) is 1.59. The predicted molar refractivity (Wildman–Crippen MR) is 45.1 cm³/mol. The molecule has 1 aromatic rings. The second-order valence-corrected chi connectivity index (χ2v) is 3.68. The molecular weight excluding hydrogens is 190 g/mol. The Kier molecular flexibility index (Phi) is 1.90. The molecule has 0 spiro atoms. The molecule has 5 heteroatoms. The molecule has 1 heterocycles. The van der Waals surface area contributed by atoms with Gasteiger partial charge in [0, 0.05) is 18.8 Å². The van der Waals surface area contributed by atoms with E-state index in [2.05, 4.69) is 5.10 Å². The maximum absolute atomic E-state index is 12.5. The van der Waals surface area contributed by atoms with Crippen molar-refractivity contribution in [1.82, 2.24) is 9.78 Å². The quantitative estimate of drug-likeness (QED) is 0.694. The minimum absolute atomic E-state index is 0.253. The lowest BCUT2D eigenvalue weighted by Crippen LogP contribution is -2.09. The van der Waals surface area contributed by atoms with E-state index in [9.17, 15) is 13.6 Å². The van der Waals surface area contributed by atoms with E-state index < -0.39 is 11.8 Å². The highest BCUT2D eigenvalue weighted by molar-refractivity contribution is 5.73. The molecule has 0 saturated heterocycles. The van der Waals surface area contributed by atoms with E-state index in [1.54, 1.807) is 7.05 Å². The molecule has 1 aliphatic rings. The lowest BCUT2D eigenvalue weighted by Gasteiger charge is -2.05. The monoisotopic (exact) mass is 200 g/mol. The lowest BCUT2D eigenvalue weighted by molar-refractivity contribution is -0.109. The number of aromatic nitrogens is 2. The van der Waals surface area contributed by atoms with Crippen molar-refractivity contribution in [3.8, 4) is 0 Å². The number of aldehydes is 1. The smallest absolute Gasteiger partial charge is 0.282 e. The average molecular weight is 200 g/mol. The molecule has 2 rings (SSSR count). The summed E-state index contributed by atoms with van der Waals surface area (Å²) >= 11 is 0. The van der Waals surface area contributed by atoms with Crippen LogP contribution in [-0.4, -0.2) is 16.1 Å². The number of aryl methyl sites for hydroxylation is 1. The van der Waals surface area contributed by atoms with Gasteiger partial charge in [-0.25, -0.2) is 8.78 Å². The first-order chi connectivity index (χ1) is 6.59. The van der Waals surface area contributed by atoms with Gasteiger partial charge >= 0.3 is 0 Å². The van der Waals surface area contributed by atoms with Crippen LogP contribution in [0.1, 0.15) is 30.5 Å². The van der Waals surface area contributed by atoms with E-state index in [-0.39, 0.29) is 5.69 Å². The number of nitrogens with zero attached hydrogens (tertiary/aromatic N) is 2. The zero-order valence-electron chi connectivity index (χ0n) is 7.70. The van der Waals surface area contributed by atoms with Gasteiger partial charge in [-0.05, 0) is 12.8 Å². The standard InChI is InChI=1S/C9H10F2N2O/c1-13-4-6(7(12-13)8(10)11)9(5-14)2-3-9/h4-5,8H,2-3H2,1H3. The van der Waals surface area contributed by atoms with Gasteiger partial charge in [-0.3, -0.25) is 4.68 Å². The first kappa shape index (κ1) is 9.30. The third kappa shape index (κ3) is 1.23. The summed E-state index contributed by atoms with van der Waals surface area (Å²) in [6, 6.07) is 0. The van der Waals surface area contributed by atoms with Crippen LogP contribution < -0.4 is 0 Å². The zero-order chi connectivity index (χ0) is 10.3. The maximum Gasteiger partial charge on any atom is 0.282 e. The molecule has 0 aliphatic heterocycles. The zero-order valence-corrected chi connectivity index (χ0v) is 7.70. The van der Waals surface area contributed by atoms with Crippen LogP contribution in [0.2, 0.25) is 0 Å². The van der Waals surface area contributed by atoms with Crippen molar-refractivity contribution >= 4 is 6.29 Å². The fraction of sp³-hybridized carbons (Fsp3) is 0.556. The topological polar surface area (TPSA) is 34.9 Å². The first-order valence-corrected chi connectivity index (χ1v) is 4.37. The number of carbonyl (C=O) groups is 1. The Bertz CT molecular complexity index is 369. The molecule has 0 atom stereocenters. The molecule has 1 aromatic heterocycles. The highest BCUT2D eigenvalue weighted by atomic mass is 19.3. The summed E-state index contributed by atoms with van der Waals surface area (Å²) in [7, 11) is 1.58. The number of alkyl halides is 2. The van der Waals surface area contributed by atoms with Crippen molar-refractivity contribution in [1.29, 1.82) is 0 Å². The molecule has 0 amide bonds. The van der Waals surface area contributed by atoms with E-state index in [1.165, 1.54) is 10.9 Å². The minimum atomic E-state index is -2.61. The average Bonchev–Trinajstić information content (AvgIpc) is 2.84. The van der Waals surface area contributed by atoms with Gasteiger partial charge in [0.25, 0.3) is 6.43 Å². The molecule has 3 nitrogen and oxygen atoms in total. The van der Waals surface area contributed by atoms with Gasteiger partial charge in [0.2, 0.25) is 0 Å². The van der Waals surface area contributed by atoms with Crippen molar-refractivity contribution in [3.63, 3.8) is 0 Å². The Morgan fingerprint density at radius 1 is 1.64 bits per heavy atom. The number of carbonyl (C=O) groups excluding carboxylic acids is 1. The van der Waals surface area contributed by atoms with Gasteiger partial charge in [-0.15, -0.1) is 0 Å². The van der Waals surface area contributed by atoms with Gasteiger partial charge in [0.05, 0.1) is 5.41 Å². The number of hydrogen-bond acceptors (Lipinski definition) is 2. The summed E-state index contributed by atoms with van der Waals surface area (Å²) in [5, 5.41) is 3.67. The van der Waals surface area contributed by atoms with Crippen LogP contribution in [0.15, 0.2) is 6.20 Å². The van der Waals surface area contributed by atoms with Gasteiger partial charge in [0.15, 0.2) is 0 Å². The Morgan fingerprint density at radius 3 is 2.71 bits per heavy atom. The number of rotatable bonds is 3. The van der Waals surface area contributed by atoms with Crippen LogP contribution in [-0.2, 0) is 17.3 Å². The summed E-state index contributed by atoms with van der Waals surface area (Å²) in [6.07, 6.45) is 0.978. The fourth-order valence-corrected chi connectivity index (χ4v) is 1.64. The largest absolute Gasteiger partial charge is 0.302 e. The number of halogens is 2. The highest BCUT2D eigenvalue weighted by Gasteiger charge is 2.48. The first-order valence-electron chi connectivity index (χ1n) is 4.37. The Morgan fingerprint density at radius 2 is 2.29 bits per heavy atom. The summed E-state index contributed by atoms with van der Waals surface area (Å²) < 4.78 is 26.4. The van der Waals surface area contributed by atoms with E-state index >= 15 is 0 Å². The van der Waals surface area contributed by atoms with Gasteiger partial charge in [-0.1, -0.05) is 0 Å². The highest BCUT2D eigenvalue weighted by Crippen LogP contribution is 2.48. The summed E-state index contributed by atoms with van der Waals surface area (Å²) in [6.45, 7) is 0. The molecular formula is C9H10F2N2O. The van der Waals surface area contributed by atoms with Crippen molar-refractivity contribution in [3.05, 3.63) is 17.5 Å². The van der Waals surface area contributed by atoms with Crippen molar-refractivity contribution in [2.75, 3.05) is 0 Å². The van der Waals surface area contributed by atoms with Crippen LogP contribution >= 0.6 is 0 Å². The normalized spacial score (nSPS) is 18.6. The second-order valence-electron chi connectivity index (χ2n) is 3.68. The third-order valence-electron chi connectivity index (χ3n) is 2.61. The van der Waals surface area contributed by atoms with Crippen LogP contribution in [0.3, 0.4) is 0 Å². The molecule has 76 valence electrons. The second kappa shape index (κ2) is 2.87. The molecule has 0 aromatic carbocycles. The third-order valence-corrected chi connectivity index (χ3v) is 2.61. The Balaban J connectivity index is 2.46. The maximum atomic E-state index is 12.5. The van der Waals surface area contributed by atoms with E-state index in [0.717, 1.165) is 6.29 Å². The summed E-state index contributed by atoms with van der Waals surface area (Å²) in [5.74, 6) is 0. The van der Waals surface area contributed by atoms with Crippen molar-refractivity contribution < 1.29 is 13.6 Å². The van der Waals surface area contributed by atoms with Gasteiger partial charge in [-0.2, -0.15) is 5.10 Å². The Hall–Kier alpha value is -1.26. The molecule has 0 bridgehead atoms. The van der Waals surface area contributed by atoms with Gasteiger partial charge in [0.1, 0.15) is 12.0 Å². The summed E-state index contributed by atoms with van der Waals surface area (Å²) in [4.78, 5) is 10.8. The molecule has 0 unspecified atom stereocenters. The van der Waals surface area contributed by atoms with E-state index in [1.807, 2.05) is 0 Å². The van der Waals surface area contributed by atoms with E-state index in [4.69, 9.17) is 0 Å². The van der Waals surface area contributed by atoms with Crippen molar-refractivity contribution in [2.24, 2.45) is 7.05 Å². The molecule has 14 heavy (non-hydrogen) atoms. The van der Waals surface area contributed by atoms with Crippen LogP contribution in [0.5, 0.6) is 0 Å². The summed E-state index contributed by atoms with van der Waals surface area (Å²) in [5.41, 5.74) is -0.526.